The smallest absolute Gasteiger partial charge is 0.0788 e. The maximum Gasteiger partial charge on any atom is 0.0788 e. The molecule has 0 saturated carbocycles. The van der Waals surface area contributed by atoms with Crippen molar-refractivity contribution in [3.8, 4) is 0 Å². The zero-order chi connectivity index (χ0) is 12.6. The van der Waals surface area contributed by atoms with Crippen molar-refractivity contribution in [3.63, 3.8) is 0 Å². The molecule has 16 heavy (non-hydrogen) atoms. The van der Waals surface area contributed by atoms with E-state index in [1.54, 1.807) is 0 Å². The molecule has 4 heteroatoms. The van der Waals surface area contributed by atoms with E-state index in [1.165, 1.54) is 0 Å². The molecule has 0 bridgehead atoms. The molecule has 0 spiro atoms. The van der Waals surface area contributed by atoms with Crippen molar-refractivity contribution >= 4 is 0 Å². The highest BCUT2D eigenvalue weighted by atomic mass is 16.3. The Morgan fingerprint density at radius 3 is 2.00 bits per heavy atom. The van der Waals surface area contributed by atoms with Gasteiger partial charge in [0.2, 0.25) is 0 Å². The fourth-order valence-corrected chi connectivity index (χ4v) is 1.46. The predicted molar refractivity (Wildman–Crippen MR) is 69.5 cm³/mol. The van der Waals surface area contributed by atoms with Crippen LogP contribution in [-0.4, -0.2) is 42.4 Å². The van der Waals surface area contributed by atoms with Crippen LogP contribution in [0.4, 0.5) is 0 Å². The van der Waals surface area contributed by atoms with Gasteiger partial charge in [-0.15, -0.1) is 0 Å². The molecule has 0 fully saturated rings. The molecule has 0 saturated heterocycles. The lowest BCUT2D eigenvalue weighted by molar-refractivity contribution is 0.158. The van der Waals surface area contributed by atoms with Gasteiger partial charge in [-0.2, -0.15) is 0 Å². The Hall–Kier alpha value is -0.160. The Balaban J connectivity index is 3.62. The molecule has 0 aliphatic carbocycles. The average Bonchev–Trinajstić information content (AvgIpc) is 2.27. The average molecular weight is 231 g/mol. The predicted octanol–water partition coefficient (Wildman–Crippen LogP) is 0.451. The Morgan fingerprint density at radius 2 is 1.56 bits per heavy atom. The van der Waals surface area contributed by atoms with Crippen LogP contribution in [0.25, 0.3) is 0 Å². The third-order valence-electron chi connectivity index (χ3n) is 3.09. The summed E-state index contributed by atoms with van der Waals surface area (Å²) >= 11 is 0. The second kappa shape index (κ2) is 8.93. The molecule has 3 unspecified atom stereocenters. The zero-order valence-electron chi connectivity index (χ0n) is 11.2. The van der Waals surface area contributed by atoms with Crippen LogP contribution in [-0.2, 0) is 0 Å². The SMILES string of the molecule is CCC(CC)NCC(O)CNC(C)C(C)N. The monoisotopic (exact) mass is 231 g/mol. The van der Waals surface area contributed by atoms with Crippen molar-refractivity contribution < 1.29 is 5.11 Å². The van der Waals surface area contributed by atoms with Crippen molar-refractivity contribution in [2.75, 3.05) is 13.1 Å². The summed E-state index contributed by atoms with van der Waals surface area (Å²) in [6.45, 7) is 9.55. The largest absolute Gasteiger partial charge is 0.390 e. The van der Waals surface area contributed by atoms with E-state index in [-0.39, 0.29) is 18.2 Å². The summed E-state index contributed by atoms with van der Waals surface area (Å²) in [6.07, 6.45) is 1.86. The topological polar surface area (TPSA) is 70.3 Å². The summed E-state index contributed by atoms with van der Waals surface area (Å²) in [5, 5.41) is 16.3. The molecular weight excluding hydrogens is 202 g/mol. The minimum atomic E-state index is -0.346. The highest BCUT2D eigenvalue weighted by Crippen LogP contribution is 1.96. The van der Waals surface area contributed by atoms with Crippen LogP contribution < -0.4 is 16.4 Å². The van der Waals surface area contributed by atoms with Crippen molar-refractivity contribution in [1.29, 1.82) is 0 Å². The van der Waals surface area contributed by atoms with E-state index < -0.39 is 0 Å². The van der Waals surface area contributed by atoms with Crippen LogP contribution in [0.1, 0.15) is 40.5 Å². The first-order chi connectivity index (χ1) is 7.51. The summed E-state index contributed by atoms with van der Waals surface area (Å²) in [4.78, 5) is 0. The molecule has 0 aromatic carbocycles. The molecular formula is C12H29N3O. The fourth-order valence-electron chi connectivity index (χ4n) is 1.46. The summed E-state index contributed by atoms with van der Waals surface area (Å²) < 4.78 is 0. The van der Waals surface area contributed by atoms with Gasteiger partial charge in [0, 0.05) is 31.2 Å². The minimum Gasteiger partial charge on any atom is -0.390 e. The molecule has 0 aromatic heterocycles. The molecule has 5 N–H and O–H groups in total. The first-order valence-electron chi connectivity index (χ1n) is 6.41. The van der Waals surface area contributed by atoms with Crippen molar-refractivity contribution in [1.82, 2.24) is 10.6 Å². The van der Waals surface area contributed by atoms with E-state index in [1.807, 2.05) is 13.8 Å². The maximum atomic E-state index is 9.75. The van der Waals surface area contributed by atoms with Crippen LogP contribution in [0.2, 0.25) is 0 Å². The summed E-state index contributed by atoms with van der Waals surface area (Å²) in [5.41, 5.74) is 5.73. The van der Waals surface area contributed by atoms with Gasteiger partial charge >= 0.3 is 0 Å². The van der Waals surface area contributed by atoms with E-state index in [4.69, 9.17) is 5.73 Å². The standard InChI is InChI=1S/C12H29N3O/c1-5-11(6-2)15-8-12(16)7-14-10(4)9(3)13/h9-12,14-16H,5-8,13H2,1-4H3. The minimum absolute atomic E-state index is 0.110. The number of rotatable bonds is 9. The molecule has 0 aliphatic heterocycles. The number of aliphatic hydroxyl groups excluding tert-OH is 1. The van der Waals surface area contributed by atoms with Gasteiger partial charge in [-0.05, 0) is 26.7 Å². The number of nitrogens with two attached hydrogens (primary N) is 1. The first-order valence-corrected chi connectivity index (χ1v) is 6.41. The van der Waals surface area contributed by atoms with Gasteiger partial charge in [-0.1, -0.05) is 13.8 Å². The van der Waals surface area contributed by atoms with Crippen LogP contribution >= 0.6 is 0 Å². The Kier molecular flexibility index (Phi) is 8.84. The second-order valence-electron chi connectivity index (χ2n) is 4.63. The first kappa shape index (κ1) is 15.8. The van der Waals surface area contributed by atoms with Crippen LogP contribution in [0.5, 0.6) is 0 Å². The number of nitrogens with one attached hydrogen (secondary N) is 2. The van der Waals surface area contributed by atoms with Gasteiger partial charge in [0.15, 0.2) is 0 Å². The van der Waals surface area contributed by atoms with Crippen molar-refractivity contribution in [3.05, 3.63) is 0 Å². The van der Waals surface area contributed by atoms with Gasteiger partial charge in [0.1, 0.15) is 0 Å². The van der Waals surface area contributed by atoms with Crippen LogP contribution in [0, 0.1) is 0 Å². The highest BCUT2D eigenvalue weighted by molar-refractivity contribution is 4.74. The lowest BCUT2D eigenvalue weighted by Gasteiger charge is -2.22. The third kappa shape index (κ3) is 7.17. The van der Waals surface area contributed by atoms with Crippen LogP contribution in [0.3, 0.4) is 0 Å². The van der Waals surface area contributed by atoms with E-state index >= 15 is 0 Å². The van der Waals surface area contributed by atoms with Gasteiger partial charge < -0.3 is 21.5 Å². The maximum absolute atomic E-state index is 9.75. The van der Waals surface area contributed by atoms with Crippen LogP contribution in [0.15, 0.2) is 0 Å². The molecule has 0 heterocycles. The Labute approximate surface area is 100.0 Å². The summed E-state index contributed by atoms with van der Waals surface area (Å²) in [6, 6.07) is 0.863. The van der Waals surface area contributed by atoms with Crippen molar-refractivity contribution in [2.24, 2.45) is 5.73 Å². The van der Waals surface area contributed by atoms with Gasteiger partial charge in [-0.25, -0.2) is 0 Å². The lowest BCUT2D eigenvalue weighted by Crippen LogP contribution is -2.46. The summed E-state index contributed by atoms with van der Waals surface area (Å²) in [7, 11) is 0. The zero-order valence-corrected chi connectivity index (χ0v) is 11.2. The summed E-state index contributed by atoms with van der Waals surface area (Å²) in [5.74, 6) is 0. The van der Waals surface area contributed by atoms with E-state index in [0.717, 1.165) is 12.8 Å². The third-order valence-corrected chi connectivity index (χ3v) is 3.09. The molecule has 0 aliphatic rings. The molecule has 3 atom stereocenters. The fraction of sp³-hybridized carbons (Fsp3) is 1.00. The molecule has 0 radical (unpaired) electrons. The number of aliphatic hydroxyl groups is 1. The lowest BCUT2D eigenvalue weighted by atomic mass is 10.1. The Bertz CT molecular complexity index is 154. The van der Waals surface area contributed by atoms with Gasteiger partial charge in [0.05, 0.1) is 6.10 Å². The Morgan fingerprint density at radius 1 is 1.06 bits per heavy atom. The van der Waals surface area contributed by atoms with E-state index in [2.05, 4.69) is 24.5 Å². The second-order valence-corrected chi connectivity index (χ2v) is 4.63. The normalized spacial score (nSPS) is 17.4. The molecule has 98 valence electrons. The van der Waals surface area contributed by atoms with Gasteiger partial charge in [0.25, 0.3) is 0 Å². The number of hydrogen-bond donors (Lipinski definition) is 4. The quantitative estimate of drug-likeness (QED) is 0.465. The molecule has 4 nitrogen and oxygen atoms in total. The van der Waals surface area contributed by atoms with E-state index in [9.17, 15) is 5.11 Å². The van der Waals surface area contributed by atoms with E-state index in [0.29, 0.717) is 19.1 Å². The highest BCUT2D eigenvalue weighted by Gasteiger charge is 2.11. The van der Waals surface area contributed by atoms with Crippen molar-refractivity contribution in [2.45, 2.75) is 64.8 Å². The molecule has 0 aromatic rings. The van der Waals surface area contributed by atoms with Gasteiger partial charge in [-0.3, -0.25) is 0 Å². The molecule has 0 rings (SSSR count). The molecule has 0 amide bonds. The number of hydrogen-bond acceptors (Lipinski definition) is 4.